The highest BCUT2D eigenvalue weighted by molar-refractivity contribution is 5.94. The van der Waals surface area contributed by atoms with Gasteiger partial charge in [0.2, 0.25) is 0 Å². The molecule has 1 aromatic carbocycles. The molecule has 0 radical (unpaired) electrons. The molecule has 2 rings (SSSR count). The Balaban J connectivity index is 1.78. The predicted octanol–water partition coefficient (Wildman–Crippen LogP) is 2.73. The number of amides is 1. The van der Waals surface area contributed by atoms with E-state index in [-0.39, 0.29) is 12.5 Å². The molecule has 0 unspecified atom stereocenters. The smallest absolute Gasteiger partial charge is 0.251 e. The molecular weight excluding hydrogens is 262 g/mol. The summed E-state index contributed by atoms with van der Waals surface area (Å²) >= 11 is 0. The molecule has 112 valence electrons. The van der Waals surface area contributed by atoms with Gasteiger partial charge in [-0.15, -0.1) is 0 Å². The lowest BCUT2D eigenvalue weighted by Gasteiger charge is -2.09. The zero-order valence-corrected chi connectivity index (χ0v) is 12.4. The molecule has 1 aliphatic rings. The van der Waals surface area contributed by atoms with Crippen molar-refractivity contribution in [1.29, 1.82) is 0 Å². The van der Waals surface area contributed by atoms with Gasteiger partial charge in [0.15, 0.2) is 0 Å². The first-order chi connectivity index (χ1) is 10.3. The minimum atomic E-state index is -0.0112. The first-order valence-electron chi connectivity index (χ1n) is 7.77. The topological polar surface area (TPSA) is 49.3 Å². The van der Waals surface area contributed by atoms with Crippen LogP contribution in [0.15, 0.2) is 24.3 Å². The number of hydrogen-bond acceptors (Lipinski definition) is 2. The Morgan fingerprint density at radius 3 is 2.62 bits per heavy atom. The van der Waals surface area contributed by atoms with E-state index in [0.29, 0.717) is 12.0 Å². The molecule has 1 aliphatic carbocycles. The maximum atomic E-state index is 12.0. The molecular formula is C18H23NO2. The van der Waals surface area contributed by atoms with Crippen LogP contribution < -0.4 is 5.32 Å². The highest BCUT2D eigenvalue weighted by atomic mass is 16.2. The molecule has 3 nitrogen and oxygen atoms in total. The third kappa shape index (κ3) is 5.24. The van der Waals surface area contributed by atoms with Crippen molar-refractivity contribution in [1.82, 2.24) is 5.32 Å². The fraction of sp³-hybridized carbons (Fsp3) is 0.500. The van der Waals surface area contributed by atoms with Gasteiger partial charge in [0, 0.05) is 24.1 Å². The molecule has 0 spiro atoms. The fourth-order valence-electron chi connectivity index (χ4n) is 2.72. The van der Waals surface area contributed by atoms with Gasteiger partial charge in [-0.3, -0.25) is 4.79 Å². The number of carbonyl (C=O) groups excluding carboxylic acids is 1. The van der Waals surface area contributed by atoms with Gasteiger partial charge in [-0.2, -0.15) is 0 Å². The second-order valence-corrected chi connectivity index (χ2v) is 5.55. The first kappa shape index (κ1) is 15.6. The van der Waals surface area contributed by atoms with Crippen LogP contribution in [0.25, 0.3) is 0 Å². The van der Waals surface area contributed by atoms with E-state index in [2.05, 4.69) is 17.2 Å². The molecule has 0 atom stereocenters. The standard InChI is InChI=1S/C18H23NO2/c20-14-4-3-7-16-8-10-17(11-9-16)18(21)19-13-12-15-5-1-2-6-15/h8-11,15,20H,1-2,4-6,12-14H2,(H,19,21). The van der Waals surface area contributed by atoms with Gasteiger partial charge < -0.3 is 10.4 Å². The van der Waals surface area contributed by atoms with E-state index >= 15 is 0 Å². The maximum Gasteiger partial charge on any atom is 0.251 e. The maximum absolute atomic E-state index is 12.0. The van der Waals surface area contributed by atoms with Crippen LogP contribution in [-0.2, 0) is 0 Å². The van der Waals surface area contributed by atoms with Crippen molar-refractivity contribution in [3.63, 3.8) is 0 Å². The Labute approximate surface area is 126 Å². The summed E-state index contributed by atoms with van der Waals surface area (Å²) in [6.45, 7) is 0.843. The lowest BCUT2D eigenvalue weighted by Crippen LogP contribution is -2.25. The quantitative estimate of drug-likeness (QED) is 0.817. The van der Waals surface area contributed by atoms with Crippen LogP contribution >= 0.6 is 0 Å². The van der Waals surface area contributed by atoms with E-state index in [1.54, 1.807) is 12.1 Å². The number of carbonyl (C=O) groups is 1. The predicted molar refractivity (Wildman–Crippen MR) is 83.9 cm³/mol. The van der Waals surface area contributed by atoms with Crippen molar-refractivity contribution in [2.75, 3.05) is 13.2 Å². The SMILES string of the molecule is O=C(NCCC1CCCC1)c1ccc(C#CCCO)cc1. The van der Waals surface area contributed by atoms with Gasteiger partial charge in [0.1, 0.15) is 0 Å². The molecule has 0 saturated heterocycles. The number of benzene rings is 1. The summed E-state index contributed by atoms with van der Waals surface area (Å²) in [6, 6.07) is 7.29. The van der Waals surface area contributed by atoms with Crippen LogP contribution in [0.2, 0.25) is 0 Å². The Morgan fingerprint density at radius 1 is 1.24 bits per heavy atom. The summed E-state index contributed by atoms with van der Waals surface area (Å²) < 4.78 is 0. The monoisotopic (exact) mass is 285 g/mol. The lowest BCUT2D eigenvalue weighted by atomic mass is 10.0. The Kier molecular flexibility index (Phi) is 6.30. The number of aliphatic hydroxyl groups is 1. The number of hydrogen-bond donors (Lipinski definition) is 2. The van der Waals surface area contributed by atoms with Gasteiger partial charge in [0.25, 0.3) is 5.91 Å². The summed E-state index contributed by atoms with van der Waals surface area (Å²) in [7, 11) is 0. The average molecular weight is 285 g/mol. The molecule has 0 aliphatic heterocycles. The van der Waals surface area contributed by atoms with E-state index in [4.69, 9.17) is 5.11 Å². The van der Waals surface area contributed by atoms with Gasteiger partial charge in [-0.1, -0.05) is 37.5 Å². The minimum Gasteiger partial charge on any atom is -0.395 e. The van der Waals surface area contributed by atoms with Crippen molar-refractivity contribution < 1.29 is 9.90 Å². The van der Waals surface area contributed by atoms with Crippen LogP contribution in [0.4, 0.5) is 0 Å². The van der Waals surface area contributed by atoms with Crippen LogP contribution in [0.5, 0.6) is 0 Å². The van der Waals surface area contributed by atoms with Crippen molar-refractivity contribution in [2.45, 2.75) is 38.5 Å². The Morgan fingerprint density at radius 2 is 1.95 bits per heavy atom. The van der Waals surface area contributed by atoms with Gasteiger partial charge in [0.05, 0.1) is 6.61 Å². The fourth-order valence-corrected chi connectivity index (χ4v) is 2.72. The molecule has 1 saturated carbocycles. The van der Waals surface area contributed by atoms with E-state index in [1.165, 1.54) is 25.7 Å². The molecule has 1 aromatic rings. The number of aliphatic hydroxyl groups excluding tert-OH is 1. The summed E-state index contributed by atoms with van der Waals surface area (Å²) in [5, 5.41) is 11.7. The highest BCUT2D eigenvalue weighted by Crippen LogP contribution is 2.26. The average Bonchev–Trinajstić information content (AvgIpc) is 3.01. The molecule has 0 bridgehead atoms. The van der Waals surface area contributed by atoms with Crippen molar-refractivity contribution in [2.24, 2.45) is 5.92 Å². The zero-order valence-electron chi connectivity index (χ0n) is 12.4. The van der Waals surface area contributed by atoms with E-state index in [1.807, 2.05) is 12.1 Å². The molecule has 2 N–H and O–H groups in total. The van der Waals surface area contributed by atoms with Crippen molar-refractivity contribution >= 4 is 5.91 Å². The third-order valence-electron chi connectivity index (χ3n) is 3.93. The second-order valence-electron chi connectivity index (χ2n) is 5.55. The molecule has 0 heterocycles. The molecule has 3 heteroatoms. The summed E-state index contributed by atoms with van der Waals surface area (Å²) in [5.41, 5.74) is 1.54. The second kappa shape index (κ2) is 8.49. The van der Waals surface area contributed by atoms with Crippen LogP contribution in [0.3, 0.4) is 0 Å². The van der Waals surface area contributed by atoms with Crippen molar-refractivity contribution in [3.05, 3.63) is 35.4 Å². The first-order valence-corrected chi connectivity index (χ1v) is 7.77. The number of nitrogens with one attached hydrogen (secondary N) is 1. The van der Waals surface area contributed by atoms with E-state index in [9.17, 15) is 4.79 Å². The van der Waals surface area contributed by atoms with Crippen LogP contribution in [0.1, 0.15) is 54.4 Å². The normalized spacial score (nSPS) is 14.5. The highest BCUT2D eigenvalue weighted by Gasteiger charge is 2.14. The summed E-state index contributed by atoms with van der Waals surface area (Å²) in [5.74, 6) is 6.60. The summed E-state index contributed by atoms with van der Waals surface area (Å²) in [4.78, 5) is 12.0. The van der Waals surface area contributed by atoms with Gasteiger partial charge >= 0.3 is 0 Å². The molecule has 1 fully saturated rings. The number of rotatable bonds is 5. The van der Waals surface area contributed by atoms with E-state index in [0.717, 1.165) is 24.4 Å². The third-order valence-corrected chi connectivity index (χ3v) is 3.93. The van der Waals surface area contributed by atoms with Gasteiger partial charge in [-0.05, 0) is 36.6 Å². The molecule has 0 aromatic heterocycles. The lowest BCUT2D eigenvalue weighted by molar-refractivity contribution is 0.0951. The Hall–Kier alpha value is -1.79. The van der Waals surface area contributed by atoms with Crippen LogP contribution in [-0.4, -0.2) is 24.2 Å². The Bertz CT molecular complexity index is 504. The molecule has 21 heavy (non-hydrogen) atoms. The minimum absolute atomic E-state index is 0.0112. The largest absolute Gasteiger partial charge is 0.395 e. The molecule has 1 amide bonds. The summed E-state index contributed by atoms with van der Waals surface area (Å²) in [6.07, 6.45) is 6.89. The zero-order chi connectivity index (χ0) is 14.9. The van der Waals surface area contributed by atoms with E-state index < -0.39 is 0 Å². The van der Waals surface area contributed by atoms with Gasteiger partial charge in [-0.25, -0.2) is 0 Å². The van der Waals surface area contributed by atoms with Crippen LogP contribution in [0, 0.1) is 17.8 Å². The van der Waals surface area contributed by atoms with Crippen molar-refractivity contribution in [3.8, 4) is 11.8 Å².